The first-order valence-corrected chi connectivity index (χ1v) is 14.8. The molecule has 37 heavy (non-hydrogen) atoms. The molecule has 1 aromatic carbocycles. The van der Waals surface area contributed by atoms with Crippen LogP contribution in [0.3, 0.4) is 0 Å². The third-order valence-electron chi connectivity index (χ3n) is 8.64. The predicted molar refractivity (Wildman–Crippen MR) is 140 cm³/mol. The first kappa shape index (κ1) is 24.9. The van der Waals surface area contributed by atoms with Gasteiger partial charge in [0.05, 0.1) is 24.0 Å². The van der Waals surface area contributed by atoms with Crippen molar-refractivity contribution in [3.8, 4) is 0 Å². The Balaban J connectivity index is 1.29. The fourth-order valence-electron chi connectivity index (χ4n) is 6.93. The minimum absolute atomic E-state index is 0.105. The SMILES string of the molecule is CSc1cccc(NC(=O)[C@H]2[C@H]3C=C[C@@]4(O3)[C@H]2C(=O)N(C[C@H]2CCCO2)[C@@H]4C(=O)NC2CCCCC2)c1. The molecule has 0 radical (unpaired) electrons. The highest BCUT2D eigenvalue weighted by Crippen LogP contribution is 2.55. The van der Waals surface area contributed by atoms with Gasteiger partial charge < -0.3 is 25.0 Å². The lowest BCUT2D eigenvalue weighted by atomic mass is 9.74. The number of likely N-dealkylation sites (tertiary alicyclic amines) is 1. The lowest BCUT2D eigenvalue weighted by Crippen LogP contribution is -2.57. The molecule has 1 spiro atoms. The van der Waals surface area contributed by atoms with E-state index in [4.69, 9.17) is 9.47 Å². The lowest BCUT2D eigenvalue weighted by Gasteiger charge is -2.34. The average Bonchev–Trinajstić information content (AvgIpc) is 3.68. The molecule has 1 aromatic rings. The van der Waals surface area contributed by atoms with Gasteiger partial charge in [-0.2, -0.15) is 0 Å². The second kappa shape index (κ2) is 10.1. The van der Waals surface area contributed by atoms with Gasteiger partial charge in [-0.3, -0.25) is 14.4 Å². The largest absolute Gasteiger partial charge is 0.376 e. The van der Waals surface area contributed by atoms with E-state index < -0.39 is 29.6 Å². The molecule has 4 heterocycles. The van der Waals surface area contributed by atoms with Crippen molar-refractivity contribution in [1.29, 1.82) is 0 Å². The Morgan fingerprint density at radius 3 is 2.73 bits per heavy atom. The minimum atomic E-state index is -1.14. The van der Waals surface area contributed by atoms with Crippen LogP contribution < -0.4 is 10.6 Å². The lowest BCUT2D eigenvalue weighted by molar-refractivity contribution is -0.143. The number of ether oxygens (including phenoxy) is 2. The van der Waals surface area contributed by atoms with Crippen LogP contribution in [0.5, 0.6) is 0 Å². The van der Waals surface area contributed by atoms with Gasteiger partial charge in [0.25, 0.3) is 0 Å². The molecule has 198 valence electrons. The molecule has 4 fully saturated rings. The van der Waals surface area contributed by atoms with Crippen molar-refractivity contribution in [2.45, 2.75) is 79.7 Å². The summed E-state index contributed by atoms with van der Waals surface area (Å²) in [5.74, 6) is -2.06. The van der Waals surface area contributed by atoms with E-state index in [9.17, 15) is 14.4 Å². The fourth-order valence-corrected chi connectivity index (χ4v) is 7.38. The third kappa shape index (κ3) is 4.38. The summed E-state index contributed by atoms with van der Waals surface area (Å²) in [6, 6.07) is 6.95. The van der Waals surface area contributed by atoms with Gasteiger partial charge in [-0.1, -0.05) is 37.5 Å². The molecule has 8 nitrogen and oxygen atoms in total. The van der Waals surface area contributed by atoms with Crippen LogP contribution in [0.15, 0.2) is 41.3 Å². The van der Waals surface area contributed by atoms with Gasteiger partial charge in [0.15, 0.2) is 0 Å². The summed E-state index contributed by atoms with van der Waals surface area (Å²) in [5, 5.41) is 6.24. The maximum atomic E-state index is 14.0. The number of fused-ring (bicyclic) bond motifs is 1. The first-order chi connectivity index (χ1) is 18.0. The summed E-state index contributed by atoms with van der Waals surface area (Å²) in [4.78, 5) is 44.2. The highest BCUT2D eigenvalue weighted by atomic mass is 32.2. The summed E-state index contributed by atoms with van der Waals surface area (Å²) < 4.78 is 12.3. The van der Waals surface area contributed by atoms with Crippen LogP contribution in [-0.4, -0.2) is 71.9 Å². The van der Waals surface area contributed by atoms with Crippen LogP contribution in [-0.2, 0) is 23.9 Å². The Bertz CT molecular complexity index is 1100. The second-order valence-corrected chi connectivity index (χ2v) is 11.8. The number of nitrogens with one attached hydrogen (secondary N) is 2. The molecule has 2 N–H and O–H groups in total. The Hall–Kier alpha value is -2.36. The Labute approximate surface area is 221 Å². The molecule has 6 rings (SSSR count). The first-order valence-electron chi connectivity index (χ1n) is 13.5. The maximum Gasteiger partial charge on any atom is 0.246 e. The summed E-state index contributed by atoms with van der Waals surface area (Å²) in [6.07, 6.45) is 12.2. The Kier molecular flexibility index (Phi) is 6.79. The van der Waals surface area contributed by atoms with E-state index in [1.807, 2.05) is 42.7 Å². The molecule has 3 saturated heterocycles. The maximum absolute atomic E-state index is 14.0. The number of amides is 3. The predicted octanol–water partition coefficient (Wildman–Crippen LogP) is 3.13. The van der Waals surface area contributed by atoms with Crippen molar-refractivity contribution in [2.75, 3.05) is 24.7 Å². The normalized spacial score (nSPS) is 34.7. The summed E-state index contributed by atoms with van der Waals surface area (Å²) in [7, 11) is 0. The number of anilines is 1. The smallest absolute Gasteiger partial charge is 0.246 e. The number of nitrogens with zero attached hydrogens (tertiary/aromatic N) is 1. The van der Waals surface area contributed by atoms with Gasteiger partial charge in [0.1, 0.15) is 11.6 Å². The Morgan fingerprint density at radius 1 is 1.14 bits per heavy atom. The quantitative estimate of drug-likeness (QED) is 0.420. The molecular formula is C28H35N3O5S. The van der Waals surface area contributed by atoms with Crippen LogP contribution in [0.25, 0.3) is 0 Å². The third-order valence-corrected chi connectivity index (χ3v) is 9.36. The standard InChI is InChI=1S/C28H35N3O5S/c1-37-20-11-5-9-18(15-20)30-25(32)22-21-12-13-28(36-21)23(22)27(34)31(16-19-10-6-14-35-19)24(28)26(33)29-17-7-3-2-4-8-17/h5,9,11-13,15,17,19,21-24H,2-4,6-8,10,14,16H2,1H3,(H,29,33)(H,30,32)/t19-,21-,22+,23-,24-,28-/m1/s1. The molecule has 2 bridgehead atoms. The number of benzene rings is 1. The van der Waals surface area contributed by atoms with Gasteiger partial charge in [0, 0.05) is 29.8 Å². The number of carbonyl (C=O) groups is 3. The molecule has 1 saturated carbocycles. The zero-order valence-electron chi connectivity index (χ0n) is 21.2. The molecule has 6 atom stereocenters. The van der Waals surface area contributed by atoms with Crippen LogP contribution in [0.4, 0.5) is 5.69 Å². The highest BCUT2D eigenvalue weighted by Gasteiger charge is 2.73. The van der Waals surface area contributed by atoms with Crippen molar-refractivity contribution in [3.05, 3.63) is 36.4 Å². The molecule has 5 aliphatic rings. The number of thioether (sulfide) groups is 1. The van der Waals surface area contributed by atoms with Gasteiger partial charge >= 0.3 is 0 Å². The van der Waals surface area contributed by atoms with E-state index in [-0.39, 0.29) is 29.9 Å². The zero-order chi connectivity index (χ0) is 25.6. The van der Waals surface area contributed by atoms with Crippen LogP contribution in [0.1, 0.15) is 44.9 Å². The van der Waals surface area contributed by atoms with Gasteiger partial charge in [-0.25, -0.2) is 0 Å². The number of hydrogen-bond donors (Lipinski definition) is 2. The van der Waals surface area contributed by atoms with Crippen LogP contribution in [0.2, 0.25) is 0 Å². The highest BCUT2D eigenvalue weighted by molar-refractivity contribution is 7.98. The molecule has 9 heteroatoms. The van der Waals surface area contributed by atoms with Crippen molar-refractivity contribution in [3.63, 3.8) is 0 Å². The van der Waals surface area contributed by atoms with E-state index in [0.29, 0.717) is 18.8 Å². The number of rotatable bonds is 7. The van der Waals surface area contributed by atoms with Crippen molar-refractivity contribution >= 4 is 35.2 Å². The molecular weight excluding hydrogens is 490 g/mol. The van der Waals surface area contributed by atoms with E-state index in [2.05, 4.69) is 10.6 Å². The second-order valence-electron chi connectivity index (χ2n) is 10.9. The molecule has 4 aliphatic heterocycles. The molecule has 3 amide bonds. The van der Waals surface area contributed by atoms with E-state index in [0.717, 1.165) is 43.4 Å². The zero-order valence-corrected chi connectivity index (χ0v) is 22.0. The van der Waals surface area contributed by atoms with E-state index in [1.165, 1.54) is 6.42 Å². The van der Waals surface area contributed by atoms with Gasteiger partial charge in [-0.15, -0.1) is 11.8 Å². The minimum Gasteiger partial charge on any atom is -0.376 e. The molecule has 0 unspecified atom stereocenters. The van der Waals surface area contributed by atoms with Gasteiger partial charge in [0.2, 0.25) is 17.7 Å². The van der Waals surface area contributed by atoms with Crippen LogP contribution in [0, 0.1) is 11.8 Å². The topological polar surface area (TPSA) is 97.0 Å². The number of hydrogen-bond acceptors (Lipinski definition) is 6. The number of carbonyl (C=O) groups excluding carboxylic acids is 3. The summed E-state index contributed by atoms with van der Waals surface area (Å²) in [6.45, 7) is 1.00. The van der Waals surface area contributed by atoms with Crippen LogP contribution >= 0.6 is 11.8 Å². The molecule has 0 aromatic heterocycles. The average molecular weight is 526 g/mol. The van der Waals surface area contributed by atoms with Crippen molar-refractivity contribution in [1.82, 2.24) is 10.2 Å². The Morgan fingerprint density at radius 2 is 1.97 bits per heavy atom. The van der Waals surface area contributed by atoms with Gasteiger partial charge in [-0.05, 0) is 50.1 Å². The fraction of sp³-hybridized carbons (Fsp3) is 0.607. The monoisotopic (exact) mass is 525 g/mol. The van der Waals surface area contributed by atoms with E-state index >= 15 is 0 Å². The summed E-state index contributed by atoms with van der Waals surface area (Å²) >= 11 is 1.60. The van der Waals surface area contributed by atoms with Crippen molar-refractivity contribution < 1.29 is 23.9 Å². The molecule has 1 aliphatic carbocycles. The van der Waals surface area contributed by atoms with Crippen molar-refractivity contribution in [2.24, 2.45) is 11.8 Å². The van der Waals surface area contributed by atoms with E-state index in [1.54, 1.807) is 16.7 Å². The summed E-state index contributed by atoms with van der Waals surface area (Å²) in [5.41, 5.74) is -0.451.